The zero-order chi connectivity index (χ0) is 11.3. The van der Waals surface area contributed by atoms with Crippen molar-refractivity contribution in [3.8, 4) is 0 Å². The van der Waals surface area contributed by atoms with Crippen molar-refractivity contribution in [3.05, 3.63) is 22.8 Å². The second-order valence-electron chi connectivity index (χ2n) is 3.82. The van der Waals surface area contributed by atoms with Crippen LogP contribution in [0.4, 0.5) is 0 Å². The molecule has 0 bridgehead atoms. The van der Waals surface area contributed by atoms with Gasteiger partial charge in [-0.05, 0) is 26.8 Å². The lowest BCUT2D eigenvalue weighted by atomic mass is 10.1. The molecule has 0 aliphatic carbocycles. The molecule has 0 radical (unpaired) electrons. The molecule has 3 heteroatoms. The van der Waals surface area contributed by atoms with Gasteiger partial charge in [0, 0.05) is 29.9 Å². The van der Waals surface area contributed by atoms with E-state index in [1.165, 1.54) is 5.56 Å². The zero-order valence-corrected chi connectivity index (χ0v) is 10.2. The molecule has 1 aromatic heterocycles. The molecular formula is C12H21N3. The van der Waals surface area contributed by atoms with Crippen molar-refractivity contribution in [1.82, 2.24) is 15.3 Å². The highest BCUT2D eigenvalue weighted by molar-refractivity contribution is 5.24. The SMILES string of the molecule is CCCc1nc(C)c(CNCC)c(C)n1. The van der Waals surface area contributed by atoms with Crippen LogP contribution >= 0.6 is 0 Å². The summed E-state index contributed by atoms with van der Waals surface area (Å²) in [5.74, 6) is 0.979. The fraction of sp³-hybridized carbons (Fsp3) is 0.667. The monoisotopic (exact) mass is 207 g/mol. The summed E-state index contributed by atoms with van der Waals surface area (Å²) in [6, 6.07) is 0. The number of hydrogen-bond acceptors (Lipinski definition) is 3. The molecule has 0 atom stereocenters. The van der Waals surface area contributed by atoms with Gasteiger partial charge in [-0.25, -0.2) is 9.97 Å². The van der Waals surface area contributed by atoms with E-state index < -0.39 is 0 Å². The van der Waals surface area contributed by atoms with Crippen LogP contribution in [0.3, 0.4) is 0 Å². The Morgan fingerprint density at radius 2 is 1.67 bits per heavy atom. The molecule has 1 N–H and O–H groups in total. The predicted molar refractivity (Wildman–Crippen MR) is 62.9 cm³/mol. The Balaban J connectivity index is 2.88. The van der Waals surface area contributed by atoms with Crippen molar-refractivity contribution in [2.45, 2.75) is 47.1 Å². The summed E-state index contributed by atoms with van der Waals surface area (Å²) in [5.41, 5.74) is 3.48. The molecule has 0 amide bonds. The van der Waals surface area contributed by atoms with Crippen LogP contribution in [0.25, 0.3) is 0 Å². The summed E-state index contributed by atoms with van der Waals surface area (Å²) in [6.07, 6.45) is 2.08. The Bertz CT molecular complexity index is 298. The number of aromatic nitrogens is 2. The highest BCUT2D eigenvalue weighted by atomic mass is 14.9. The largest absolute Gasteiger partial charge is 0.313 e. The third-order valence-corrected chi connectivity index (χ3v) is 2.49. The first-order chi connectivity index (χ1) is 7.19. The second-order valence-corrected chi connectivity index (χ2v) is 3.82. The fourth-order valence-corrected chi connectivity index (χ4v) is 1.65. The van der Waals surface area contributed by atoms with Gasteiger partial charge in [0.1, 0.15) is 5.82 Å². The summed E-state index contributed by atoms with van der Waals surface area (Å²) >= 11 is 0. The minimum atomic E-state index is 0.876. The Hall–Kier alpha value is -0.960. The van der Waals surface area contributed by atoms with Crippen LogP contribution in [0, 0.1) is 13.8 Å². The maximum atomic E-state index is 4.53. The Kier molecular flexibility index (Phi) is 4.69. The molecule has 84 valence electrons. The topological polar surface area (TPSA) is 37.8 Å². The van der Waals surface area contributed by atoms with E-state index in [1.807, 2.05) is 0 Å². The van der Waals surface area contributed by atoms with Crippen LogP contribution in [0.15, 0.2) is 0 Å². The molecule has 0 aliphatic heterocycles. The molecule has 1 rings (SSSR count). The zero-order valence-electron chi connectivity index (χ0n) is 10.2. The molecule has 1 aromatic rings. The normalized spacial score (nSPS) is 10.7. The van der Waals surface area contributed by atoms with Crippen molar-refractivity contribution in [3.63, 3.8) is 0 Å². The minimum Gasteiger partial charge on any atom is -0.313 e. The maximum absolute atomic E-state index is 4.53. The fourth-order valence-electron chi connectivity index (χ4n) is 1.65. The quantitative estimate of drug-likeness (QED) is 0.804. The number of rotatable bonds is 5. The van der Waals surface area contributed by atoms with Gasteiger partial charge in [-0.3, -0.25) is 0 Å². The average Bonchev–Trinajstić information content (AvgIpc) is 2.17. The third kappa shape index (κ3) is 3.27. The van der Waals surface area contributed by atoms with Gasteiger partial charge in [-0.1, -0.05) is 13.8 Å². The van der Waals surface area contributed by atoms with E-state index in [0.29, 0.717) is 0 Å². The molecule has 0 aliphatic rings. The van der Waals surface area contributed by atoms with Gasteiger partial charge >= 0.3 is 0 Å². The third-order valence-electron chi connectivity index (χ3n) is 2.49. The van der Waals surface area contributed by atoms with Gasteiger partial charge in [0.25, 0.3) is 0 Å². The number of aryl methyl sites for hydroxylation is 3. The summed E-state index contributed by atoms with van der Waals surface area (Å²) in [6.45, 7) is 10.3. The molecular weight excluding hydrogens is 186 g/mol. The molecule has 3 nitrogen and oxygen atoms in total. The first kappa shape index (κ1) is 12.1. The Morgan fingerprint density at radius 1 is 1.07 bits per heavy atom. The van der Waals surface area contributed by atoms with Crippen molar-refractivity contribution in [2.24, 2.45) is 0 Å². The molecule has 0 spiro atoms. The van der Waals surface area contributed by atoms with Crippen LogP contribution in [-0.2, 0) is 13.0 Å². The standard InChI is InChI=1S/C12H21N3/c1-5-7-12-14-9(3)11(8-13-6-2)10(4)15-12/h13H,5-8H2,1-4H3. The number of nitrogens with zero attached hydrogens (tertiary/aromatic N) is 2. The van der Waals surface area contributed by atoms with Crippen LogP contribution in [0.1, 0.15) is 43.0 Å². The molecule has 0 saturated heterocycles. The lowest BCUT2D eigenvalue weighted by molar-refractivity contribution is 0.701. The van der Waals surface area contributed by atoms with Crippen molar-refractivity contribution < 1.29 is 0 Å². The Morgan fingerprint density at radius 3 is 2.13 bits per heavy atom. The second kappa shape index (κ2) is 5.81. The Labute approximate surface area is 92.3 Å². The molecule has 0 fully saturated rings. The number of hydrogen-bond donors (Lipinski definition) is 1. The van der Waals surface area contributed by atoms with Crippen molar-refractivity contribution in [2.75, 3.05) is 6.54 Å². The minimum absolute atomic E-state index is 0.876. The summed E-state index contributed by atoms with van der Waals surface area (Å²) in [5, 5.41) is 3.32. The van der Waals surface area contributed by atoms with Crippen LogP contribution in [0.2, 0.25) is 0 Å². The number of nitrogens with one attached hydrogen (secondary N) is 1. The molecule has 0 saturated carbocycles. The van der Waals surface area contributed by atoms with Crippen molar-refractivity contribution >= 4 is 0 Å². The lowest BCUT2D eigenvalue weighted by Gasteiger charge is -2.10. The van der Waals surface area contributed by atoms with E-state index >= 15 is 0 Å². The van der Waals surface area contributed by atoms with E-state index in [-0.39, 0.29) is 0 Å². The van der Waals surface area contributed by atoms with Crippen LogP contribution in [0.5, 0.6) is 0 Å². The van der Waals surface area contributed by atoms with Gasteiger partial charge in [-0.2, -0.15) is 0 Å². The van der Waals surface area contributed by atoms with Crippen molar-refractivity contribution in [1.29, 1.82) is 0 Å². The van der Waals surface area contributed by atoms with E-state index in [4.69, 9.17) is 0 Å². The van der Waals surface area contributed by atoms with Gasteiger partial charge < -0.3 is 5.32 Å². The van der Waals surface area contributed by atoms with Gasteiger partial charge in [0.05, 0.1) is 0 Å². The van der Waals surface area contributed by atoms with Crippen LogP contribution in [-0.4, -0.2) is 16.5 Å². The van der Waals surface area contributed by atoms with Gasteiger partial charge in [0.15, 0.2) is 0 Å². The van der Waals surface area contributed by atoms with E-state index in [1.54, 1.807) is 0 Å². The maximum Gasteiger partial charge on any atom is 0.128 e. The lowest BCUT2D eigenvalue weighted by Crippen LogP contribution is -2.16. The molecule has 0 unspecified atom stereocenters. The van der Waals surface area contributed by atoms with Crippen LogP contribution < -0.4 is 5.32 Å². The summed E-state index contributed by atoms with van der Waals surface area (Å²) in [4.78, 5) is 9.05. The summed E-state index contributed by atoms with van der Waals surface area (Å²) < 4.78 is 0. The average molecular weight is 207 g/mol. The highest BCUT2D eigenvalue weighted by Gasteiger charge is 2.07. The molecule has 0 aromatic carbocycles. The molecule has 15 heavy (non-hydrogen) atoms. The first-order valence-corrected chi connectivity index (χ1v) is 5.72. The summed E-state index contributed by atoms with van der Waals surface area (Å²) in [7, 11) is 0. The smallest absolute Gasteiger partial charge is 0.128 e. The van der Waals surface area contributed by atoms with E-state index in [2.05, 4.69) is 43.0 Å². The van der Waals surface area contributed by atoms with E-state index in [0.717, 1.165) is 43.1 Å². The van der Waals surface area contributed by atoms with Gasteiger partial charge in [-0.15, -0.1) is 0 Å². The first-order valence-electron chi connectivity index (χ1n) is 5.72. The molecule has 1 heterocycles. The predicted octanol–water partition coefficient (Wildman–Crippen LogP) is 2.16. The van der Waals surface area contributed by atoms with E-state index in [9.17, 15) is 0 Å². The highest BCUT2D eigenvalue weighted by Crippen LogP contribution is 2.10. The van der Waals surface area contributed by atoms with Gasteiger partial charge in [0.2, 0.25) is 0 Å².